The number of aromatic hydroxyl groups is 1. The molecule has 1 aromatic rings. The molecule has 0 aromatic heterocycles. The number of carbonyl (C=O) groups excluding carboxylic acids is 1. The van der Waals surface area contributed by atoms with Crippen LogP contribution in [0.3, 0.4) is 0 Å². The topological polar surface area (TPSA) is 52.6 Å². The summed E-state index contributed by atoms with van der Waals surface area (Å²) >= 11 is 0. The van der Waals surface area contributed by atoms with E-state index in [2.05, 4.69) is 11.9 Å². The molecule has 0 aliphatic heterocycles. The van der Waals surface area contributed by atoms with E-state index in [1.165, 1.54) is 0 Å². The Bertz CT molecular complexity index is 391. The Labute approximate surface area is 102 Å². The smallest absolute Gasteiger partial charge is 0.239 e. The van der Waals surface area contributed by atoms with Crippen molar-refractivity contribution in [3.05, 3.63) is 36.9 Å². The summed E-state index contributed by atoms with van der Waals surface area (Å²) in [6.45, 7) is 6.94. The van der Waals surface area contributed by atoms with Gasteiger partial charge in [0.05, 0.1) is 6.54 Å². The summed E-state index contributed by atoms with van der Waals surface area (Å²) in [4.78, 5) is 13.5. The van der Waals surface area contributed by atoms with Gasteiger partial charge in [-0.1, -0.05) is 12.1 Å². The molecule has 92 valence electrons. The SMILES string of the molecule is C=CCNC(=O)CN(CC)c1cccc(O)c1. The van der Waals surface area contributed by atoms with Gasteiger partial charge in [0, 0.05) is 24.8 Å². The Morgan fingerprint density at radius 1 is 1.59 bits per heavy atom. The van der Waals surface area contributed by atoms with E-state index >= 15 is 0 Å². The van der Waals surface area contributed by atoms with Crippen molar-refractivity contribution in [3.8, 4) is 5.75 Å². The van der Waals surface area contributed by atoms with Crippen molar-refractivity contribution in [1.29, 1.82) is 0 Å². The first-order chi connectivity index (χ1) is 8.17. The van der Waals surface area contributed by atoms with Crippen LogP contribution in [0.2, 0.25) is 0 Å². The Hall–Kier alpha value is -1.97. The van der Waals surface area contributed by atoms with Crippen LogP contribution in [0.25, 0.3) is 0 Å². The van der Waals surface area contributed by atoms with Gasteiger partial charge in [0.2, 0.25) is 5.91 Å². The van der Waals surface area contributed by atoms with Crippen LogP contribution in [0.5, 0.6) is 5.75 Å². The van der Waals surface area contributed by atoms with Crippen molar-refractivity contribution in [1.82, 2.24) is 5.32 Å². The number of phenolic OH excluding ortho intramolecular Hbond substituents is 1. The molecule has 2 N–H and O–H groups in total. The molecule has 0 spiro atoms. The third-order valence-corrected chi connectivity index (χ3v) is 2.35. The molecule has 17 heavy (non-hydrogen) atoms. The van der Waals surface area contributed by atoms with Crippen LogP contribution < -0.4 is 10.2 Å². The van der Waals surface area contributed by atoms with Gasteiger partial charge in [0.1, 0.15) is 5.75 Å². The molecule has 0 heterocycles. The number of amides is 1. The molecule has 1 amide bonds. The fraction of sp³-hybridized carbons (Fsp3) is 0.308. The first kappa shape index (κ1) is 13.1. The molecule has 1 rings (SSSR count). The number of hydrogen-bond donors (Lipinski definition) is 2. The third-order valence-electron chi connectivity index (χ3n) is 2.35. The van der Waals surface area contributed by atoms with Crippen LogP contribution in [0, 0.1) is 0 Å². The van der Waals surface area contributed by atoms with Gasteiger partial charge in [-0.05, 0) is 19.1 Å². The number of nitrogens with zero attached hydrogens (tertiary/aromatic N) is 1. The molecule has 1 aromatic carbocycles. The first-order valence-corrected chi connectivity index (χ1v) is 5.59. The predicted octanol–water partition coefficient (Wildman–Crippen LogP) is 1.52. The summed E-state index contributed by atoms with van der Waals surface area (Å²) < 4.78 is 0. The number of benzene rings is 1. The van der Waals surface area contributed by atoms with Gasteiger partial charge in [0.25, 0.3) is 0 Å². The molecule has 4 nitrogen and oxygen atoms in total. The Kier molecular flexibility index (Phi) is 5.07. The van der Waals surface area contributed by atoms with Crippen molar-refractivity contribution < 1.29 is 9.90 Å². The number of phenols is 1. The zero-order valence-electron chi connectivity index (χ0n) is 10.0. The number of hydrogen-bond acceptors (Lipinski definition) is 3. The standard InChI is InChI=1S/C13H18N2O2/c1-3-8-14-13(17)10-15(4-2)11-6-5-7-12(16)9-11/h3,5-7,9,16H,1,4,8,10H2,2H3,(H,14,17). The normalized spacial score (nSPS) is 9.71. The summed E-state index contributed by atoms with van der Waals surface area (Å²) in [5.74, 6) is 0.141. The lowest BCUT2D eigenvalue weighted by molar-refractivity contribution is -0.119. The third kappa shape index (κ3) is 4.18. The fourth-order valence-electron chi connectivity index (χ4n) is 1.49. The molecule has 0 unspecified atom stereocenters. The number of nitrogens with one attached hydrogen (secondary N) is 1. The Morgan fingerprint density at radius 2 is 2.35 bits per heavy atom. The van der Waals surface area contributed by atoms with Gasteiger partial charge in [-0.25, -0.2) is 0 Å². The predicted molar refractivity (Wildman–Crippen MR) is 69.2 cm³/mol. The highest BCUT2D eigenvalue weighted by atomic mass is 16.3. The quantitative estimate of drug-likeness (QED) is 0.734. The first-order valence-electron chi connectivity index (χ1n) is 5.59. The molecule has 0 aliphatic carbocycles. The summed E-state index contributed by atoms with van der Waals surface area (Å²) in [5, 5.41) is 12.1. The van der Waals surface area contributed by atoms with Gasteiger partial charge in [-0.2, -0.15) is 0 Å². The lowest BCUT2D eigenvalue weighted by Gasteiger charge is -2.22. The minimum atomic E-state index is -0.0601. The molecular formula is C13H18N2O2. The van der Waals surface area contributed by atoms with E-state index < -0.39 is 0 Å². The minimum Gasteiger partial charge on any atom is -0.508 e. The highest BCUT2D eigenvalue weighted by Crippen LogP contribution is 2.19. The van der Waals surface area contributed by atoms with E-state index in [-0.39, 0.29) is 18.2 Å². The molecule has 0 saturated heterocycles. The van der Waals surface area contributed by atoms with Crippen molar-refractivity contribution >= 4 is 11.6 Å². The van der Waals surface area contributed by atoms with Gasteiger partial charge < -0.3 is 15.3 Å². The van der Waals surface area contributed by atoms with E-state index in [0.717, 1.165) is 5.69 Å². The van der Waals surface area contributed by atoms with E-state index in [9.17, 15) is 9.90 Å². The lowest BCUT2D eigenvalue weighted by Crippen LogP contribution is -2.37. The second kappa shape index (κ2) is 6.58. The molecular weight excluding hydrogens is 216 g/mol. The number of rotatable bonds is 6. The van der Waals surface area contributed by atoms with E-state index in [1.807, 2.05) is 17.9 Å². The second-order valence-corrected chi connectivity index (χ2v) is 3.63. The summed E-state index contributed by atoms with van der Waals surface area (Å²) in [6.07, 6.45) is 1.64. The van der Waals surface area contributed by atoms with Crippen LogP contribution in [0.1, 0.15) is 6.92 Å². The maximum atomic E-state index is 11.6. The van der Waals surface area contributed by atoms with E-state index in [1.54, 1.807) is 24.3 Å². The maximum absolute atomic E-state index is 11.6. The van der Waals surface area contributed by atoms with Crippen LogP contribution >= 0.6 is 0 Å². The number of carbonyl (C=O) groups is 1. The molecule has 0 radical (unpaired) electrons. The fourth-order valence-corrected chi connectivity index (χ4v) is 1.49. The Balaban J connectivity index is 2.65. The zero-order valence-corrected chi connectivity index (χ0v) is 10.0. The van der Waals surface area contributed by atoms with Gasteiger partial charge in [-0.3, -0.25) is 4.79 Å². The summed E-state index contributed by atoms with van der Waals surface area (Å²) in [5.41, 5.74) is 0.834. The van der Waals surface area contributed by atoms with E-state index in [0.29, 0.717) is 13.1 Å². The largest absolute Gasteiger partial charge is 0.508 e. The van der Waals surface area contributed by atoms with Crippen LogP contribution in [-0.2, 0) is 4.79 Å². The van der Waals surface area contributed by atoms with Gasteiger partial charge >= 0.3 is 0 Å². The average molecular weight is 234 g/mol. The molecule has 0 saturated carbocycles. The monoisotopic (exact) mass is 234 g/mol. The molecule has 0 fully saturated rings. The van der Waals surface area contributed by atoms with Crippen molar-refractivity contribution in [2.75, 3.05) is 24.5 Å². The number of likely N-dealkylation sites (N-methyl/N-ethyl adjacent to an activating group) is 1. The van der Waals surface area contributed by atoms with E-state index in [4.69, 9.17) is 0 Å². The molecule has 0 bridgehead atoms. The summed E-state index contributed by atoms with van der Waals surface area (Å²) in [6, 6.07) is 6.87. The molecule has 0 atom stereocenters. The summed E-state index contributed by atoms with van der Waals surface area (Å²) in [7, 11) is 0. The molecule has 4 heteroatoms. The van der Waals surface area contributed by atoms with Crippen LogP contribution in [0.4, 0.5) is 5.69 Å². The molecule has 0 aliphatic rings. The van der Waals surface area contributed by atoms with Gasteiger partial charge in [-0.15, -0.1) is 6.58 Å². The van der Waals surface area contributed by atoms with Crippen LogP contribution in [-0.4, -0.2) is 30.6 Å². The second-order valence-electron chi connectivity index (χ2n) is 3.63. The maximum Gasteiger partial charge on any atom is 0.239 e. The van der Waals surface area contributed by atoms with Crippen LogP contribution in [0.15, 0.2) is 36.9 Å². The van der Waals surface area contributed by atoms with Gasteiger partial charge in [0.15, 0.2) is 0 Å². The van der Waals surface area contributed by atoms with Crippen molar-refractivity contribution in [3.63, 3.8) is 0 Å². The average Bonchev–Trinajstić information content (AvgIpc) is 2.33. The zero-order chi connectivity index (χ0) is 12.7. The number of anilines is 1. The lowest BCUT2D eigenvalue weighted by atomic mass is 10.2. The highest BCUT2D eigenvalue weighted by molar-refractivity contribution is 5.81. The van der Waals surface area contributed by atoms with Crippen molar-refractivity contribution in [2.45, 2.75) is 6.92 Å². The van der Waals surface area contributed by atoms with Crippen molar-refractivity contribution in [2.24, 2.45) is 0 Å². The highest BCUT2D eigenvalue weighted by Gasteiger charge is 2.09. The Morgan fingerprint density at radius 3 is 2.94 bits per heavy atom. The minimum absolute atomic E-state index is 0.0601.